The number of ketones is 1. The van der Waals surface area contributed by atoms with Crippen molar-refractivity contribution in [1.82, 2.24) is 15.8 Å². The monoisotopic (exact) mass is 479 g/mol. The molecule has 0 radical (unpaired) electrons. The smallest absolute Gasteiger partial charge is 0.266 e. The van der Waals surface area contributed by atoms with Crippen LogP contribution >= 0.6 is 11.8 Å². The van der Waals surface area contributed by atoms with Gasteiger partial charge in [0.25, 0.3) is 6.43 Å². The van der Waals surface area contributed by atoms with Gasteiger partial charge in [-0.3, -0.25) is 15.5 Å². The largest absolute Gasteiger partial charge is 0.299 e. The Morgan fingerprint density at radius 3 is 2.77 bits per heavy atom. The van der Waals surface area contributed by atoms with Gasteiger partial charge in [0, 0.05) is 25.5 Å². The molecule has 14 heteroatoms. The number of Topliss-reactive ketones (excluding diaryl/α,β-unsaturated/α-hetero) is 1. The van der Waals surface area contributed by atoms with E-state index in [0.29, 0.717) is 12.2 Å². The molecule has 2 rings (SSSR count). The first kappa shape index (κ1) is 24.8. The van der Waals surface area contributed by atoms with Crippen LogP contribution in [0.3, 0.4) is 0 Å². The summed E-state index contributed by atoms with van der Waals surface area (Å²) in [7, 11) is -1.10. The van der Waals surface area contributed by atoms with Crippen molar-refractivity contribution in [2.45, 2.75) is 24.3 Å². The van der Waals surface area contributed by atoms with Crippen molar-refractivity contribution in [3.05, 3.63) is 35.3 Å². The van der Waals surface area contributed by atoms with Gasteiger partial charge in [0.2, 0.25) is 0 Å². The minimum Gasteiger partial charge on any atom is -0.299 e. The molecule has 0 bridgehead atoms. The van der Waals surface area contributed by atoms with Gasteiger partial charge < -0.3 is 0 Å². The topological polar surface area (TPSA) is 130 Å². The second kappa shape index (κ2) is 11.2. The SMILES string of the molecule is CN=S(C)(=O)CC(=O)CCCSc1nonc1C(=Nc1ccc(F)c(C(F)F)c1)NO. The van der Waals surface area contributed by atoms with Gasteiger partial charge in [-0.1, -0.05) is 0 Å². The van der Waals surface area contributed by atoms with Gasteiger partial charge in [-0.2, -0.15) is 0 Å². The lowest BCUT2D eigenvalue weighted by Crippen LogP contribution is -2.21. The van der Waals surface area contributed by atoms with Crippen LogP contribution in [0.1, 0.15) is 30.5 Å². The first-order valence-electron chi connectivity index (χ1n) is 8.78. The van der Waals surface area contributed by atoms with Gasteiger partial charge in [-0.15, -0.1) is 11.8 Å². The lowest BCUT2D eigenvalue weighted by Gasteiger charge is -2.06. The quantitative estimate of drug-likeness (QED) is 0.174. The highest BCUT2D eigenvalue weighted by Crippen LogP contribution is 2.27. The third-order valence-electron chi connectivity index (χ3n) is 3.90. The third kappa shape index (κ3) is 7.33. The van der Waals surface area contributed by atoms with Crippen molar-refractivity contribution >= 4 is 38.8 Å². The first-order chi connectivity index (χ1) is 14.7. The fourth-order valence-electron chi connectivity index (χ4n) is 2.32. The highest BCUT2D eigenvalue weighted by atomic mass is 32.2. The van der Waals surface area contributed by atoms with E-state index in [4.69, 9.17) is 0 Å². The second-order valence-electron chi connectivity index (χ2n) is 6.27. The Hall–Kier alpha value is -2.45. The lowest BCUT2D eigenvalue weighted by molar-refractivity contribution is -0.116. The summed E-state index contributed by atoms with van der Waals surface area (Å²) in [5.74, 6) is -1.20. The zero-order chi connectivity index (χ0) is 23.0. The number of hydroxylamine groups is 1. The van der Waals surface area contributed by atoms with Crippen molar-refractivity contribution in [3.63, 3.8) is 0 Å². The maximum atomic E-state index is 13.4. The van der Waals surface area contributed by atoms with Gasteiger partial charge in [-0.05, 0) is 34.9 Å². The molecule has 1 atom stereocenters. The molecule has 0 amide bonds. The molecular formula is C17H20F3N5O4S2. The van der Waals surface area contributed by atoms with Crippen LogP contribution in [0.15, 0.2) is 37.2 Å². The molecule has 31 heavy (non-hydrogen) atoms. The van der Waals surface area contributed by atoms with Crippen LogP contribution in [0.4, 0.5) is 18.9 Å². The minimum absolute atomic E-state index is 0.00288. The molecule has 1 unspecified atom stereocenters. The van der Waals surface area contributed by atoms with E-state index < -0.39 is 27.5 Å². The van der Waals surface area contributed by atoms with Crippen LogP contribution in [0.25, 0.3) is 0 Å². The lowest BCUT2D eigenvalue weighted by atomic mass is 10.2. The van der Waals surface area contributed by atoms with Crippen LogP contribution in [-0.2, 0) is 14.5 Å². The van der Waals surface area contributed by atoms with E-state index in [0.717, 1.165) is 30.0 Å². The Bertz CT molecular complexity index is 1070. The van der Waals surface area contributed by atoms with E-state index in [9.17, 15) is 27.4 Å². The fourth-order valence-corrected chi connectivity index (χ4v) is 4.03. The number of hydrogen-bond acceptors (Lipinski definition) is 9. The highest BCUT2D eigenvalue weighted by molar-refractivity contribution is 7.99. The molecule has 0 aliphatic rings. The fraction of sp³-hybridized carbons (Fsp3) is 0.412. The number of alkyl halides is 2. The summed E-state index contributed by atoms with van der Waals surface area (Å²) < 4.78 is 59.4. The Morgan fingerprint density at radius 2 is 2.13 bits per heavy atom. The molecule has 1 heterocycles. The maximum Gasteiger partial charge on any atom is 0.266 e. The summed E-state index contributed by atoms with van der Waals surface area (Å²) in [5.41, 5.74) is 0.913. The summed E-state index contributed by atoms with van der Waals surface area (Å²) in [6, 6.07) is 2.83. The molecule has 9 nitrogen and oxygen atoms in total. The van der Waals surface area contributed by atoms with Crippen molar-refractivity contribution in [2.24, 2.45) is 9.36 Å². The van der Waals surface area contributed by atoms with Gasteiger partial charge in [0.1, 0.15) is 11.6 Å². The van der Waals surface area contributed by atoms with E-state index in [1.54, 1.807) is 5.48 Å². The number of hydrogen-bond donors (Lipinski definition) is 2. The number of aromatic nitrogens is 2. The Labute approximate surface area is 180 Å². The summed E-state index contributed by atoms with van der Waals surface area (Å²) in [4.78, 5) is 15.8. The molecule has 0 spiro atoms. The number of carbonyl (C=O) groups is 1. The first-order valence-corrected chi connectivity index (χ1v) is 11.9. The van der Waals surface area contributed by atoms with E-state index >= 15 is 0 Å². The number of thioether (sulfide) groups is 1. The number of aliphatic imine (C=N–C) groups is 1. The zero-order valence-corrected chi connectivity index (χ0v) is 18.2. The van der Waals surface area contributed by atoms with Crippen LogP contribution < -0.4 is 5.48 Å². The van der Waals surface area contributed by atoms with Crippen LogP contribution in [-0.4, -0.2) is 56.2 Å². The molecule has 0 fully saturated rings. The third-order valence-corrected chi connectivity index (χ3v) is 6.56. The van der Waals surface area contributed by atoms with Crippen molar-refractivity contribution in [2.75, 3.05) is 24.8 Å². The Balaban J connectivity index is 2.06. The van der Waals surface area contributed by atoms with E-state index in [2.05, 4.69) is 24.3 Å². The Morgan fingerprint density at radius 1 is 1.39 bits per heavy atom. The van der Waals surface area contributed by atoms with E-state index in [1.165, 1.54) is 13.3 Å². The number of nitrogens with zero attached hydrogens (tertiary/aromatic N) is 4. The van der Waals surface area contributed by atoms with Crippen LogP contribution in [0.5, 0.6) is 0 Å². The van der Waals surface area contributed by atoms with Gasteiger partial charge in [0.05, 0.1) is 26.7 Å². The summed E-state index contributed by atoms with van der Waals surface area (Å²) in [6.45, 7) is 0. The van der Waals surface area contributed by atoms with Crippen molar-refractivity contribution in [3.8, 4) is 0 Å². The molecule has 1 aromatic heterocycles. The predicted molar refractivity (Wildman–Crippen MR) is 109 cm³/mol. The summed E-state index contributed by atoms with van der Waals surface area (Å²) >= 11 is 1.16. The zero-order valence-electron chi connectivity index (χ0n) is 16.5. The van der Waals surface area contributed by atoms with Crippen LogP contribution in [0.2, 0.25) is 0 Å². The summed E-state index contributed by atoms with van der Waals surface area (Å²) in [5, 5.41) is 16.9. The standard InChI is InChI=1S/C17H20F3N5O4S2/c1-21-31(2,28)9-11(26)4-3-7-30-17-14(24-29-25-17)16(23-27)22-10-5-6-13(18)12(8-10)15(19)20/h5-6,8,15,27H,3-4,7,9H2,1-2H3,(H,22,23). The number of benzene rings is 1. The molecule has 1 aromatic carbocycles. The molecule has 2 aromatic rings. The minimum atomic E-state index is -3.03. The molecule has 0 aliphatic heterocycles. The normalized spacial score (nSPS) is 13.8. The predicted octanol–water partition coefficient (Wildman–Crippen LogP) is 3.37. The van der Waals surface area contributed by atoms with Crippen molar-refractivity contribution < 1.29 is 32.0 Å². The van der Waals surface area contributed by atoms with Gasteiger partial charge in [-0.25, -0.2) is 31.4 Å². The molecular weight excluding hydrogens is 459 g/mol. The van der Waals surface area contributed by atoms with Crippen LogP contribution in [0, 0.1) is 5.82 Å². The number of nitrogens with one attached hydrogen (secondary N) is 1. The average molecular weight is 480 g/mol. The van der Waals surface area contributed by atoms with Gasteiger partial charge >= 0.3 is 0 Å². The number of amidine groups is 1. The molecule has 2 N–H and O–H groups in total. The number of rotatable bonds is 10. The number of carbonyl (C=O) groups excluding carboxylic acids is 1. The molecule has 0 saturated heterocycles. The average Bonchev–Trinajstić information content (AvgIpc) is 3.18. The number of halogens is 3. The van der Waals surface area contributed by atoms with E-state index in [1.807, 2.05) is 0 Å². The second-order valence-corrected chi connectivity index (χ2v) is 9.93. The highest BCUT2D eigenvalue weighted by Gasteiger charge is 2.19. The maximum absolute atomic E-state index is 13.4. The molecule has 170 valence electrons. The summed E-state index contributed by atoms with van der Waals surface area (Å²) in [6.07, 6.45) is -0.973. The molecule has 0 aliphatic carbocycles. The molecule has 0 saturated carbocycles. The van der Waals surface area contributed by atoms with Crippen molar-refractivity contribution in [1.29, 1.82) is 0 Å². The van der Waals surface area contributed by atoms with E-state index in [-0.39, 0.29) is 40.2 Å². The Kier molecular flexibility index (Phi) is 9.00. The van der Waals surface area contributed by atoms with Gasteiger partial charge in [0.15, 0.2) is 16.6 Å².